The fourth-order valence-electron chi connectivity index (χ4n) is 4.27. The Bertz CT molecular complexity index is 1220. The van der Waals surface area contributed by atoms with Crippen molar-refractivity contribution >= 4 is 34.4 Å². The van der Waals surface area contributed by atoms with Gasteiger partial charge in [0.2, 0.25) is 0 Å². The van der Waals surface area contributed by atoms with E-state index in [0.29, 0.717) is 34.5 Å². The molecule has 2 heterocycles. The SMILES string of the molecule is CC(C)(C)[C@H]1CCc2c(sc(N=Cc3cccc(OCC(=O)O)c3)c2C(=O)NCc2ccco2)C1. The summed E-state index contributed by atoms with van der Waals surface area (Å²) in [4.78, 5) is 30.0. The lowest BCUT2D eigenvalue weighted by Crippen LogP contribution is -2.28. The van der Waals surface area contributed by atoms with Gasteiger partial charge in [-0.1, -0.05) is 32.9 Å². The lowest BCUT2D eigenvalue weighted by atomic mass is 9.72. The summed E-state index contributed by atoms with van der Waals surface area (Å²) in [5.41, 5.74) is 2.69. The van der Waals surface area contributed by atoms with E-state index in [0.717, 1.165) is 30.4 Å². The smallest absolute Gasteiger partial charge is 0.341 e. The van der Waals surface area contributed by atoms with Gasteiger partial charge in [-0.25, -0.2) is 9.79 Å². The number of ether oxygens (including phenoxy) is 1. The molecule has 0 unspecified atom stereocenters. The molecule has 1 aliphatic carbocycles. The number of nitrogens with one attached hydrogen (secondary N) is 1. The van der Waals surface area contributed by atoms with E-state index >= 15 is 0 Å². The van der Waals surface area contributed by atoms with Gasteiger partial charge in [0.15, 0.2) is 6.61 Å². The third-order valence-electron chi connectivity index (χ3n) is 6.25. The van der Waals surface area contributed by atoms with Crippen LogP contribution in [0.4, 0.5) is 5.00 Å². The summed E-state index contributed by atoms with van der Waals surface area (Å²) in [6, 6.07) is 10.7. The molecule has 1 atom stereocenters. The number of carbonyl (C=O) groups excluding carboxylic acids is 1. The molecule has 2 aromatic heterocycles. The minimum Gasteiger partial charge on any atom is -0.482 e. The van der Waals surface area contributed by atoms with Gasteiger partial charge in [0.05, 0.1) is 18.4 Å². The van der Waals surface area contributed by atoms with Crippen LogP contribution >= 0.6 is 11.3 Å². The van der Waals surface area contributed by atoms with E-state index < -0.39 is 12.6 Å². The Hall–Kier alpha value is -3.39. The predicted molar refractivity (Wildman–Crippen MR) is 136 cm³/mol. The molecule has 0 saturated heterocycles. The lowest BCUT2D eigenvalue weighted by Gasteiger charge is -2.33. The van der Waals surface area contributed by atoms with Crippen LogP contribution < -0.4 is 10.1 Å². The first-order valence-corrected chi connectivity index (χ1v) is 12.5. The highest BCUT2D eigenvalue weighted by atomic mass is 32.1. The third kappa shape index (κ3) is 6.19. The van der Waals surface area contributed by atoms with Gasteiger partial charge in [-0.05, 0) is 66.0 Å². The molecular formula is C27H30N2O5S. The number of carboxylic acid groups (broad SMARTS) is 1. The topological polar surface area (TPSA) is 101 Å². The van der Waals surface area contributed by atoms with E-state index in [1.165, 1.54) is 4.88 Å². The van der Waals surface area contributed by atoms with Crippen molar-refractivity contribution in [3.63, 3.8) is 0 Å². The number of carbonyl (C=O) groups is 2. The second-order valence-electron chi connectivity index (χ2n) is 9.76. The van der Waals surface area contributed by atoms with Crippen LogP contribution in [-0.4, -0.2) is 29.8 Å². The summed E-state index contributed by atoms with van der Waals surface area (Å²) in [6.45, 7) is 6.71. The summed E-state index contributed by atoms with van der Waals surface area (Å²) in [6.07, 6.45) is 6.11. The Labute approximate surface area is 208 Å². The molecule has 0 fully saturated rings. The van der Waals surface area contributed by atoms with Gasteiger partial charge in [-0.15, -0.1) is 11.3 Å². The zero-order valence-corrected chi connectivity index (χ0v) is 21.0. The van der Waals surface area contributed by atoms with Crippen LogP contribution in [0.1, 0.15) is 59.3 Å². The monoisotopic (exact) mass is 494 g/mol. The molecule has 4 rings (SSSR count). The van der Waals surface area contributed by atoms with E-state index in [1.807, 2.05) is 12.1 Å². The fraction of sp³-hybridized carbons (Fsp3) is 0.370. The molecule has 7 nitrogen and oxygen atoms in total. The van der Waals surface area contributed by atoms with Crippen molar-refractivity contribution in [1.82, 2.24) is 5.32 Å². The Morgan fingerprint density at radius 1 is 1.29 bits per heavy atom. The van der Waals surface area contributed by atoms with E-state index in [1.54, 1.807) is 48.1 Å². The fourth-order valence-corrected chi connectivity index (χ4v) is 5.54. The minimum absolute atomic E-state index is 0.154. The first-order chi connectivity index (χ1) is 16.7. The number of furan rings is 1. The number of hydrogen-bond donors (Lipinski definition) is 2. The van der Waals surface area contributed by atoms with Gasteiger partial charge in [-0.3, -0.25) is 4.79 Å². The molecule has 0 spiro atoms. The first-order valence-electron chi connectivity index (χ1n) is 11.6. The number of thiophene rings is 1. The zero-order valence-electron chi connectivity index (χ0n) is 20.2. The van der Waals surface area contributed by atoms with Gasteiger partial charge >= 0.3 is 5.97 Å². The highest BCUT2D eigenvalue weighted by molar-refractivity contribution is 7.16. The zero-order chi connectivity index (χ0) is 25.0. The first kappa shape index (κ1) is 24.7. The van der Waals surface area contributed by atoms with Crippen LogP contribution in [0.15, 0.2) is 52.1 Å². The molecular weight excluding hydrogens is 464 g/mol. The number of carboxylic acids is 1. The molecule has 0 radical (unpaired) electrons. The molecule has 2 N–H and O–H groups in total. The molecule has 1 amide bonds. The molecule has 0 saturated carbocycles. The molecule has 1 aliphatic rings. The Balaban J connectivity index is 1.61. The molecule has 184 valence electrons. The number of nitrogens with zero attached hydrogens (tertiary/aromatic N) is 1. The van der Waals surface area contributed by atoms with Crippen LogP contribution in [0, 0.1) is 11.3 Å². The second kappa shape index (κ2) is 10.5. The number of amides is 1. The van der Waals surface area contributed by atoms with E-state index in [4.69, 9.17) is 19.3 Å². The van der Waals surface area contributed by atoms with E-state index in [2.05, 4.69) is 26.1 Å². The van der Waals surface area contributed by atoms with Gasteiger partial charge in [0.1, 0.15) is 16.5 Å². The summed E-state index contributed by atoms with van der Waals surface area (Å²) in [5.74, 6) is 0.503. The van der Waals surface area contributed by atoms with Gasteiger partial charge < -0.3 is 19.6 Å². The Kier molecular flexibility index (Phi) is 7.40. The maximum absolute atomic E-state index is 13.3. The molecule has 0 bridgehead atoms. The summed E-state index contributed by atoms with van der Waals surface area (Å²) < 4.78 is 10.6. The summed E-state index contributed by atoms with van der Waals surface area (Å²) in [5, 5.41) is 12.5. The van der Waals surface area contributed by atoms with Gasteiger partial charge in [0.25, 0.3) is 5.91 Å². The number of rotatable bonds is 8. The van der Waals surface area contributed by atoms with E-state index in [9.17, 15) is 9.59 Å². The number of benzene rings is 1. The van der Waals surface area contributed by atoms with Crippen molar-refractivity contribution in [2.24, 2.45) is 16.3 Å². The normalized spacial score (nSPS) is 15.7. The lowest BCUT2D eigenvalue weighted by molar-refractivity contribution is -0.139. The highest BCUT2D eigenvalue weighted by Gasteiger charge is 2.33. The Morgan fingerprint density at radius 2 is 2.11 bits per heavy atom. The van der Waals surface area contributed by atoms with Gasteiger partial charge in [-0.2, -0.15) is 0 Å². The molecule has 8 heteroatoms. The highest BCUT2D eigenvalue weighted by Crippen LogP contribution is 2.45. The van der Waals surface area contributed by atoms with Crippen molar-refractivity contribution in [2.45, 2.75) is 46.6 Å². The van der Waals surface area contributed by atoms with Crippen LogP contribution in [0.2, 0.25) is 0 Å². The van der Waals surface area contributed by atoms with Crippen LogP contribution in [-0.2, 0) is 24.2 Å². The average Bonchev–Trinajstić information content (AvgIpc) is 3.46. The molecule has 0 aliphatic heterocycles. The molecule has 35 heavy (non-hydrogen) atoms. The third-order valence-corrected chi connectivity index (χ3v) is 7.42. The largest absolute Gasteiger partial charge is 0.482 e. The van der Waals surface area contributed by atoms with Crippen LogP contribution in [0.25, 0.3) is 0 Å². The minimum atomic E-state index is -1.04. The molecule has 3 aromatic rings. The summed E-state index contributed by atoms with van der Waals surface area (Å²) >= 11 is 1.58. The predicted octanol–water partition coefficient (Wildman–Crippen LogP) is 5.64. The summed E-state index contributed by atoms with van der Waals surface area (Å²) in [7, 11) is 0. The number of aliphatic imine (C=N–C) groups is 1. The van der Waals surface area contributed by atoms with Crippen molar-refractivity contribution in [2.75, 3.05) is 6.61 Å². The Morgan fingerprint density at radius 3 is 2.83 bits per heavy atom. The number of aliphatic carboxylic acids is 1. The second-order valence-corrected chi connectivity index (χ2v) is 10.8. The van der Waals surface area contributed by atoms with Crippen molar-refractivity contribution in [3.8, 4) is 5.75 Å². The van der Waals surface area contributed by atoms with Crippen LogP contribution in [0.5, 0.6) is 5.75 Å². The number of fused-ring (bicyclic) bond motifs is 1. The average molecular weight is 495 g/mol. The molecule has 1 aromatic carbocycles. The standard InChI is InChI=1S/C27H30N2O5S/c1-27(2,3)18-9-10-21-22(13-18)35-26(24(21)25(32)28-15-20-8-5-11-33-20)29-14-17-6-4-7-19(12-17)34-16-23(30)31/h4-8,11-12,14,18H,9-10,13,15-16H2,1-3H3,(H,28,32)(H,30,31)/t18-/m0/s1. The maximum atomic E-state index is 13.3. The van der Waals surface area contributed by atoms with Crippen molar-refractivity contribution in [3.05, 3.63) is 70.0 Å². The van der Waals surface area contributed by atoms with Crippen molar-refractivity contribution < 1.29 is 23.8 Å². The number of hydrogen-bond acceptors (Lipinski definition) is 6. The quantitative estimate of drug-likeness (QED) is 0.395. The van der Waals surface area contributed by atoms with E-state index in [-0.39, 0.29) is 11.3 Å². The van der Waals surface area contributed by atoms with Gasteiger partial charge in [0, 0.05) is 11.1 Å². The van der Waals surface area contributed by atoms with Crippen LogP contribution in [0.3, 0.4) is 0 Å². The maximum Gasteiger partial charge on any atom is 0.341 e. The van der Waals surface area contributed by atoms with Crippen molar-refractivity contribution in [1.29, 1.82) is 0 Å².